The Hall–Kier alpha value is -2.80. The van der Waals surface area contributed by atoms with Crippen molar-refractivity contribution >= 4 is 34.3 Å². The fourth-order valence-corrected chi connectivity index (χ4v) is 3.06. The summed E-state index contributed by atoms with van der Waals surface area (Å²) in [4.78, 5) is 31.5. The molecular formula is C18H17N3O3S. The lowest BCUT2D eigenvalue weighted by Gasteiger charge is -2.12. The molecule has 1 unspecified atom stereocenters. The first-order valence-corrected chi connectivity index (χ1v) is 8.55. The molecule has 25 heavy (non-hydrogen) atoms. The molecule has 0 radical (unpaired) electrons. The largest absolute Gasteiger partial charge is 0.497 e. The summed E-state index contributed by atoms with van der Waals surface area (Å²) in [5.74, 6) is 0.546. The van der Waals surface area contributed by atoms with Crippen molar-refractivity contribution in [2.45, 2.75) is 17.3 Å². The Balaban J connectivity index is 1.71. The Morgan fingerprint density at radius 2 is 1.92 bits per heavy atom. The van der Waals surface area contributed by atoms with Crippen molar-refractivity contribution in [1.29, 1.82) is 0 Å². The Morgan fingerprint density at radius 1 is 1.20 bits per heavy atom. The number of aromatic nitrogens is 2. The molecule has 2 N–H and O–H groups in total. The number of amides is 1. The van der Waals surface area contributed by atoms with Crippen LogP contribution in [0.15, 0.2) is 58.5 Å². The number of methoxy groups -OCH3 is 1. The van der Waals surface area contributed by atoms with Gasteiger partial charge in [0.25, 0.3) is 5.56 Å². The number of hydrogen-bond donors (Lipinski definition) is 2. The average Bonchev–Trinajstić information content (AvgIpc) is 2.62. The summed E-state index contributed by atoms with van der Waals surface area (Å²) in [6.07, 6.45) is 0. The number of thioether (sulfide) groups is 1. The second-order valence-electron chi connectivity index (χ2n) is 5.37. The lowest BCUT2D eigenvalue weighted by atomic mass is 10.2. The van der Waals surface area contributed by atoms with E-state index in [4.69, 9.17) is 4.74 Å². The highest BCUT2D eigenvalue weighted by Crippen LogP contribution is 2.22. The maximum Gasteiger partial charge on any atom is 0.259 e. The molecule has 0 aliphatic heterocycles. The molecule has 6 nitrogen and oxygen atoms in total. The molecule has 0 bridgehead atoms. The van der Waals surface area contributed by atoms with Gasteiger partial charge >= 0.3 is 0 Å². The number of benzene rings is 2. The summed E-state index contributed by atoms with van der Waals surface area (Å²) in [6, 6.07) is 14.2. The number of H-pyrrole nitrogens is 1. The minimum atomic E-state index is -0.425. The summed E-state index contributed by atoms with van der Waals surface area (Å²) in [6.45, 7) is 1.76. The lowest BCUT2D eigenvalue weighted by Crippen LogP contribution is -2.23. The van der Waals surface area contributed by atoms with Crippen LogP contribution in [0.4, 0.5) is 5.69 Å². The van der Waals surface area contributed by atoms with Crippen LogP contribution in [0.2, 0.25) is 0 Å². The number of fused-ring (bicyclic) bond motifs is 1. The topological polar surface area (TPSA) is 84.1 Å². The minimum absolute atomic E-state index is 0.175. The van der Waals surface area contributed by atoms with Gasteiger partial charge in [0.2, 0.25) is 5.91 Å². The lowest BCUT2D eigenvalue weighted by molar-refractivity contribution is -0.115. The number of carbonyl (C=O) groups is 1. The van der Waals surface area contributed by atoms with Crippen molar-refractivity contribution < 1.29 is 9.53 Å². The van der Waals surface area contributed by atoms with Gasteiger partial charge < -0.3 is 15.0 Å². The zero-order valence-corrected chi connectivity index (χ0v) is 14.6. The van der Waals surface area contributed by atoms with E-state index in [9.17, 15) is 9.59 Å². The van der Waals surface area contributed by atoms with E-state index in [1.54, 1.807) is 56.5 Å². The SMILES string of the molecule is COc1ccc(NC(=O)C(C)Sc2nc3ccccc3c(=O)[nH]2)cc1. The smallest absolute Gasteiger partial charge is 0.259 e. The third-order valence-electron chi connectivity index (χ3n) is 3.61. The van der Waals surface area contributed by atoms with Crippen molar-refractivity contribution in [1.82, 2.24) is 9.97 Å². The number of ether oxygens (including phenoxy) is 1. The monoisotopic (exact) mass is 355 g/mol. The van der Waals surface area contributed by atoms with Gasteiger partial charge in [0.15, 0.2) is 5.16 Å². The number of aromatic amines is 1. The van der Waals surface area contributed by atoms with Crippen LogP contribution in [0.3, 0.4) is 0 Å². The molecule has 3 aromatic rings. The van der Waals surface area contributed by atoms with Crippen LogP contribution in [0.25, 0.3) is 10.9 Å². The third kappa shape index (κ3) is 4.00. The second kappa shape index (κ2) is 7.40. The molecule has 128 valence electrons. The van der Waals surface area contributed by atoms with E-state index in [0.29, 0.717) is 21.7 Å². The Labute approximate surface area is 148 Å². The number of carbonyl (C=O) groups excluding carboxylic acids is 1. The molecule has 1 atom stereocenters. The van der Waals surface area contributed by atoms with Gasteiger partial charge in [-0.2, -0.15) is 0 Å². The first-order valence-electron chi connectivity index (χ1n) is 7.67. The summed E-state index contributed by atoms with van der Waals surface area (Å²) in [5, 5.41) is 3.35. The van der Waals surface area contributed by atoms with Gasteiger partial charge in [-0.1, -0.05) is 23.9 Å². The van der Waals surface area contributed by atoms with Crippen LogP contribution < -0.4 is 15.6 Å². The fraction of sp³-hybridized carbons (Fsp3) is 0.167. The molecule has 1 aromatic heterocycles. The molecule has 0 fully saturated rings. The van der Waals surface area contributed by atoms with Crippen molar-refractivity contribution in [3.05, 3.63) is 58.9 Å². The Bertz CT molecular complexity index is 954. The molecular weight excluding hydrogens is 338 g/mol. The summed E-state index contributed by atoms with van der Waals surface area (Å²) >= 11 is 1.20. The van der Waals surface area contributed by atoms with E-state index < -0.39 is 5.25 Å². The van der Waals surface area contributed by atoms with Crippen LogP contribution in [0.1, 0.15) is 6.92 Å². The summed E-state index contributed by atoms with van der Waals surface area (Å²) in [7, 11) is 1.59. The number of nitrogens with one attached hydrogen (secondary N) is 2. The zero-order chi connectivity index (χ0) is 17.8. The molecule has 0 spiro atoms. The standard InChI is InChI=1S/C18H17N3O3S/c1-11(16(22)19-12-7-9-13(24-2)10-8-12)25-18-20-15-6-4-3-5-14(15)17(23)21-18/h3-11H,1-2H3,(H,19,22)(H,20,21,23). The molecule has 3 rings (SSSR count). The van der Waals surface area contributed by atoms with Crippen molar-refractivity contribution in [2.24, 2.45) is 0 Å². The quantitative estimate of drug-likeness (QED) is 0.543. The highest BCUT2D eigenvalue weighted by atomic mass is 32.2. The number of nitrogens with zero attached hydrogens (tertiary/aromatic N) is 1. The Morgan fingerprint density at radius 3 is 2.64 bits per heavy atom. The van der Waals surface area contributed by atoms with Gasteiger partial charge in [-0.25, -0.2) is 4.98 Å². The predicted molar refractivity (Wildman–Crippen MR) is 99.3 cm³/mol. The third-order valence-corrected chi connectivity index (χ3v) is 4.59. The van der Waals surface area contributed by atoms with Gasteiger partial charge in [0, 0.05) is 5.69 Å². The molecule has 7 heteroatoms. The second-order valence-corrected chi connectivity index (χ2v) is 6.70. The first kappa shape index (κ1) is 17.0. The minimum Gasteiger partial charge on any atom is -0.497 e. The molecule has 1 heterocycles. The molecule has 1 amide bonds. The number of hydrogen-bond acceptors (Lipinski definition) is 5. The fourth-order valence-electron chi connectivity index (χ4n) is 2.26. The van der Waals surface area contributed by atoms with Crippen molar-refractivity contribution in [3.8, 4) is 5.75 Å². The van der Waals surface area contributed by atoms with E-state index >= 15 is 0 Å². The van der Waals surface area contributed by atoms with E-state index in [0.717, 1.165) is 5.75 Å². The van der Waals surface area contributed by atoms with Gasteiger partial charge in [-0.3, -0.25) is 9.59 Å². The number of anilines is 1. The van der Waals surface area contributed by atoms with E-state index in [1.807, 2.05) is 6.07 Å². The first-order chi connectivity index (χ1) is 12.1. The molecule has 0 saturated carbocycles. The highest BCUT2D eigenvalue weighted by molar-refractivity contribution is 8.00. The maximum atomic E-state index is 12.3. The number of para-hydroxylation sites is 1. The molecule has 2 aromatic carbocycles. The normalized spacial score (nSPS) is 11.9. The van der Waals surface area contributed by atoms with E-state index in [-0.39, 0.29) is 11.5 Å². The average molecular weight is 355 g/mol. The van der Waals surface area contributed by atoms with Crippen LogP contribution in [0, 0.1) is 0 Å². The van der Waals surface area contributed by atoms with Gasteiger partial charge in [0.05, 0.1) is 23.3 Å². The van der Waals surface area contributed by atoms with E-state index in [1.165, 1.54) is 11.8 Å². The molecule has 0 aliphatic carbocycles. The maximum absolute atomic E-state index is 12.3. The van der Waals surface area contributed by atoms with Crippen molar-refractivity contribution in [3.63, 3.8) is 0 Å². The Kier molecular flexibility index (Phi) is 5.04. The number of rotatable bonds is 5. The van der Waals surface area contributed by atoms with Gasteiger partial charge in [-0.05, 0) is 43.3 Å². The van der Waals surface area contributed by atoms with Crippen LogP contribution in [-0.2, 0) is 4.79 Å². The summed E-state index contributed by atoms with van der Waals surface area (Å²) in [5.41, 5.74) is 1.07. The van der Waals surface area contributed by atoms with Crippen LogP contribution in [0.5, 0.6) is 5.75 Å². The van der Waals surface area contributed by atoms with E-state index in [2.05, 4.69) is 15.3 Å². The summed E-state index contributed by atoms with van der Waals surface area (Å²) < 4.78 is 5.09. The molecule has 0 saturated heterocycles. The van der Waals surface area contributed by atoms with Crippen molar-refractivity contribution in [2.75, 3.05) is 12.4 Å². The molecule has 0 aliphatic rings. The predicted octanol–water partition coefficient (Wildman–Crippen LogP) is 3.05. The zero-order valence-electron chi connectivity index (χ0n) is 13.8. The highest BCUT2D eigenvalue weighted by Gasteiger charge is 2.16. The van der Waals surface area contributed by atoms with Crippen LogP contribution >= 0.6 is 11.8 Å². The van der Waals surface area contributed by atoms with Gasteiger partial charge in [0.1, 0.15) is 5.75 Å². The van der Waals surface area contributed by atoms with Crippen LogP contribution in [-0.4, -0.2) is 28.2 Å². The van der Waals surface area contributed by atoms with Gasteiger partial charge in [-0.15, -0.1) is 0 Å².